The number of morpholine rings is 1. The highest BCUT2D eigenvalue weighted by atomic mass is 32.2. The molecule has 0 spiro atoms. The first kappa shape index (κ1) is 15.9. The molecule has 1 aromatic rings. The van der Waals surface area contributed by atoms with E-state index in [1.54, 1.807) is 15.8 Å². The highest BCUT2D eigenvalue weighted by Crippen LogP contribution is 2.24. The Hall–Kier alpha value is -0.470. The van der Waals surface area contributed by atoms with Crippen molar-refractivity contribution in [1.29, 1.82) is 0 Å². The third-order valence-electron chi connectivity index (χ3n) is 3.37. The van der Waals surface area contributed by atoms with Crippen LogP contribution in [0.5, 0.6) is 0 Å². The number of ether oxygens (including phenoxy) is 1. The molecule has 2 rings (SSSR count). The van der Waals surface area contributed by atoms with Gasteiger partial charge in [-0.15, -0.1) is 11.3 Å². The second-order valence-electron chi connectivity index (χ2n) is 4.79. The van der Waals surface area contributed by atoms with E-state index in [1.807, 2.05) is 13.8 Å². The Balaban J connectivity index is 2.11. The number of thiophene rings is 1. The van der Waals surface area contributed by atoms with Crippen molar-refractivity contribution in [3.8, 4) is 0 Å². The van der Waals surface area contributed by atoms with E-state index in [2.05, 4.69) is 5.32 Å². The minimum absolute atomic E-state index is 0.0124. The lowest BCUT2D eigenvalue weighted by Gasteiger charge is -2.31. The van der Waals surface area contributed by atoms with Gasteiger partial charge in [0.15, 0.2) is 0 Å². The van der Waals surface area contributed by atoms with Crippen molar-refractivity contribution in [2.75, 3.05) is 26.2 Å². The molecule has 20 heavy (non-hydrogen) atoms. The quantitative estimate of drug-likeness (QED) is 0.866. The summed E-state index contributed by atoms with van der Waals surface area (Å²) in [5.41, 5.74) is 0. The predicted octanol–water partition coefficient (Wildman–Crippen LogP) is 1.66. The Morgan fingerprint density at radius 3 is 3.00 bits per heavy atom. The SMILES string of the molecule is CCNCc1cc(S(=O)(=O)N2CCOC(CC)C2)cs1. The van der Waals surface area contributed by atoms with Crippen LogP contribution in [0.1, 0.15) is 25.1 Å². The molecule has 0 bridgehead atoms. The summed E-state index contributed by atoms with van der Waals surface area (Å²) in [4.78, 5) is 1.46. The minimum atomic E-state index is -3.37. The summed E-state index contributed by atoms with van der Waals surface area (Å²) in [7, 11) is -3.37. The summed E-state index contributed by atoms with van der Waals surface area (Å²) in [6.45, 7) is 7.02. The van der Waals surface area contributed by atoms with Gasteiger partial charge in [0, 0.05) is 29.9 Å². The molecular formula is C13H22N2O3S2. The van der Waals surface area contributed by atoms with Crippen molar-refractivity contribution in [3.05, 3.63) is 16.3 Å². The van der Waals surface area contributed by atoms with Gasteiger partial charge in [0.2, 0.25) is 10.0 Å². The van der Waals surface area contributed by atoms with E-state index in [1.165, 1.54) is 11.3 Å². The molecule has 1 aliphatic heterocycles. The Bertz CT molecular complexity index is 527. The van der Waals surface area contributed by atoms with Crippen LogP contribution in [0, 0.1) is 0 Å². The molecule has 0 radical (unpaired) electrons. The van der Waals surface area contributed by atoms with Gasteiger partial charge in [-0.3, -0.25) is 0 Å². The molecule has 0 aliphatic carbocycles. The molecule has 0 amide bonds. The van der Waals surface area contributed by atoms with Crippen LogP contribution < -0.4 is 5.32 Å². The maximum absolute atomic E-state index is 12.6. The Morgan fingerprint density at radius 2 is 2.30 bits per heavy atom. The van der Waals surface area contributed by atoms with Crippen LogP contribution in [0.25, 0.3) is 0 Å². The highest BCUT2D eigenvalue weighted by Gasteiger charge is 2.30. The fraction of sp³-hybridized carbons (Fsp3) is 0.692. The number of sulfonamides is 1. The normalized spacial score (nSPS) is 21.2. The lowest BCUT2D eigenvalue weighted by molar-refractivity contribution is -0.00277. The smallest absolute Gasteiger partial charge is 0.244 e. The van der Waals surface area contributed by atoms with Gasteiger partial charge in [0.1, 0.15) is 0 Å². The first-order valence-electron chi connectivity index (χ1n) is 6.97. The third kappa shape index (κ3) is 3.59. The number of nitrogens with zero attached hydrogens (tertiary/aromatic N) is 1. The van der Waals surface area contributed by atoms with Crippen molar-refractivity contribution in [2.24, 2.45) is 0 Å². The van der Waals surface area contributed by atoms with Crippen molar-refractivity contribution in [2.45, 2.75) is 37.8 Å². The van der Waals surface area contributed by atoms with E-state index in [9.17, 15) is 8.42 Å². The standard InChI is InChI=1S/C13H22N2O3S2/c1-3-11-9-15(5-6-18-11)20(16,17)13-7-12(19-10-13)8-14-4-2/h7,10-11,14H,3-6,8-9H2,1-2H3. The zero-order valence-electron chi connectivity index (χ0n) is 12.0. The molecule has 7 heteroatoms. The van der Waals surface area contributed by atoms with E-state index in [0.717, 1.165) is 24.4 Å². The van der Waals surface area contributed by atoms with E-state index >= 15 is 0 Å². The molecular weight excluding hydrogens is 296 g/mol. The lowest BCUT2D eigenvalue weighted by Crippen LogP contribution is -2.45. The highest BCUT2D eigenvalue weighted by molar-refractivity contribution is 7.89. The topological polar surface area (TPSA) is 58.6 Å². The zero-order chi connectivity index (χ0) is 14.6. The molecule has 1 saturated heterocycles. The van der Waals surface area contributed by atoms with Crippen LogP contribution in [0.15, 0.2) is 16.3 Å². The van der Waals surface area contributed by atoms with Gasteiger partial charge in [-0.1, -0.05) is 13.8 Å². The Morgan fingerprint density at radius 1 is 1.50 bits per heavy atom. The van der Waals surface area contributed by atoms with Crippen LogP contribution in [0.4, 0.5) is 0 Å². The molecule has 0 aromatic carbocycles. The second-order valence-corrected chi connectivity index (χ2v) is 7.73. The van der Waals surface area contributed by atoms with Gasteiger partial charge in [0.05, 0.1) is 17.6 Å². The molecule has 114 valence electrons. The van der Waals surface area contributed by atoms with Gasteiger partial charge >= 0.3 is 0 Å². The fourth-order valence-electron chi connectivity index (χ4n) is 2.14. The van der Waals surface area contributed by atoms with E-state index in [4.69, 9.17) is 4.74 Å². The number of rotatable bonds is 6. The summed E-state index contributed by atoms with van der Waals surface area (Å²) >= 11 is 1.49. The van der Waals surface area contributed by atoms with Gasteiger partial charge in [0.25, 0.3) is 0 Å². The van der Waals surface area contributed by atoms with Crippen molar-refractivity contribution in [1.82, 2.24) is 9.62 Å². The maximum atomic E-state index is 12.6. The molecule has 1 fully saturated rings. The van der Waals surface area contributed by atoms with Gasteiger partial charge in [-0.05, 0) is 19.0 Å². The Labute approximate surface area is 125 Å². The molecule has 2 heterocycles. The van der Waals surface area contributed by atoms with Crippen LogP contribution in [-0.2, 0) is 21.3 Å². The molecule has 1 unspecified atom stereocenters. The summed E-state index contributed by atoms with van der Waals surface area (Å²) < 4.78 is 32.3. The molecule has 1 aromatic heterocycles. The molecule has 1 N–H and O–H groups in total. The largest absolute Gasteiger partial charge is 0.375 e. The second kappa shape index (κ2) is 7.00. The number of nitrogens with one attached hydrogen (secondary N) is 1. The van der Waals surface area contributed by atoms with Crippen LogP contribution >= 0.6 is 11.3 Å². The van der Waals surface area contributed by atoms with Crippen LogP contribution in [0.3, 0.4) is 0 Å². The van der Waals surface area contributed by atoms with E-state index in [0.29, 0.717) is 24.6 Å². The summed E-state index contributed by atoms with van der Waals surface area (Å²) in [6, 6.07) is 1.78. The molecule has 0 saturated carbocycles. The van der Waals surface area contributed by atoms with Gasteiger partial charge in [-0.2, -0.15) is 4.31 Å². The van der Waals surface area contributed by atoms with Crippen LogP contribution in [0.2, 0.25) is 0 Å². The Kier molecular flexibility index (Phi) is 5.57. The first-order chi connectivity index (χ1) is 9.57. The lowest BCUT2D eigenvalue weighted by atomic mass is 10.2. The molecule has 5 nitrogen and oxygen atoms in total. The maximum Gasteiger partial charge on any atom is 0.244 e. The zero-order valence-corrected chi connectivity index (χ0v) is 13.6. The predicted molar refractivity (Wildman–Crippen MR) is 80.5 cm³/mol. The van der Waals surface area contributed by atoms with Crippen molar-refractivity contribution in [3.63, 3.8) is 0 Å². The van der Waals surface area contributed by atoms with Crippen LogP contribution in [-0.4, -0.2) is 45.1 Å². The van der Waals surface area contributed by atoms with Crippen molar-refractivity contribution < 1.29 is 13.2 Å². The molecule has 1 aliphatic rings. The van der Waals surface area contributed by atoms with E-state index < -0.39 is 10.0 Å². The average Bonchev–Trinajstić information content (AvgIpc) is 2.94. The minimum Gasteiger partial charge on any atom is -0.375 e. The average molecular weight is 318 g/mol. The first-order valence-corrected chi connectivity index (χ1v) is 9.29. The van der Waals surface area contributed by atoms with Crippen molar-refractivity contribution >= 4 is 21.4 Å². The van der Waals surface area contributed by atoms with Gasteiger partial charge in [-0.25, -0.2) is 8.42 Å². The summed E-state index contributed by atoms with van der Waals surface area (Å²) in [6.07, 6.45) is 0.847. The number of hydrogen-bond donors (Lipinski definition) is 1. The monoisotopic (exact) mass is 318 g/mol. The number of hydrogen-bond acceptors (Lipinski definition) is 5. The third-order valence-corrected chi connectivity index (χ3v) is 6.30. The molecule has 1 atom stereocenters. The van der Waals surface area contributed by atoms with Gasteiger partial charge < -0.3 is 10.1 Å². The van der Waals surface area contributed by atoms with E-state index in [-0.39, 0.29) is 6.10 Å². The fourth-order valence-corrected chi connectivity index (χ4v) is 4.83. The summed E-state index contributed by atoms with van der Waals surface area (Å²) in [5.74, 6) is 0. The summed E-state index contributed by atoms with van der Waals surface area (Å²) in [5, 5.41) is 4.94.